The Kier molecular flexibility index (Phi) is 4.05. The highest BCUT2D eigenvalue weighted by atomic mass is 14.7. The van der Waals surface area contributed by atoms with Crippen molar-refractivity contribution in [3.63, 3.8) is 0 Å². The minimum atomic E-state index is 0.885. The van der Waals surface area contributed by atoms with Gasteiger partial charge in [0.1, 0.15) is 5.69 Å². The van der Waals surface area contributed by atoms with Gasteiger partial charge in [0.25, 0.3) is 0 Å². The lowest BCUT2D eigenvalue weighted by atomic mass is 10.2. The molecule has 1 heterocycles. The van der Waals surface area contributed by atoms with Gasteiger partial charge in [-0.2, -0.15) is 0 Å². The molecule has 0 unspecified atom stereocenters. The highest BCUT2D eigenvalue weighted by Crippen LogP contribution is 1.96. The fourth-order valence-electron chi connectivity index (χ4n) is 1.03. The van der Waals surface area contributed by atoms with Crippen LogP contribution in [-0.4, -0.2) is 4.98 Å². The van der Waals surface area contributed by atoms with Crippen molar-refractivity contribution in [1.29, 1.82) is 0 Å². The van der Waals surface area contributed by atoms with Crippen LogP contribution in [0.5, 0.6) is 0 Å². The van der Waals surface area contributed by atoms with Gasteiger partial charge in [-0.3, -0.25) is 0 Å². The maximum Gasteiger partial charge on any atom is 0.113 e. The summed E-state index contributed by atoms with van der Waals surface area (Å²) in [7, 11) is 0. The van der Waals surface area contributed by atoms with Gasteiger partial charge in [0.05, 0.1) is 0 Å². The van der Waals surface area contributed by atoms with Gasteiger partial charge in [-0.05, 0) is 31.4 Å². The number of pyridine rings is 1. The first-order valence-electron chi connectivity index (χ1n) is 4.75. The third-order valence-corrected chi connectivity index (χ3v) is 1.76. The zero-order valence-corrected chi connectivity index (χ0v) is 8.30. The summed E-state index contributed by atoms with van der Waals surface area (Å²) < 4.78 is 0. The third-order valence-electron chi connectivity index (χ3n) is 1.76. The van der Waals surface area contributed by atoms with Crippen LogP contribution in [0.4, 0.5) is 0 Å². The molecule has 0 aliphatic carbocycles. The van der Waals surface area contributed by atoms with E-state index in [1.807, 2.05) is 25.1 Å². The second kappa shape index (κ2) is 5.37. The third kappa shape index (κ3) is 3.75. The molecule has 0 aliphatic rings. The van der Waals surface area contributed by atoms with Crippen LogP contribution in [0.15, 0.2) is 18.2 Å². The summed E-state index contributed by atoms with van der Waals surface area (Å²) in [6.45, 7) is 4.16. The van der Waals surface area contributed by atoms with Crippen LogP contribution in [0.25, 0.3) is 0 Å². The zero-order valence-electron chi connectivity index (χ0n) is 8.30. The summed E-state index contributed by atoms with van der Waals surface area (Å²) in [5.74, 6) is 6.18. The second-order valence-electron chi connectivity index (χ2n) is 3.07. The van der Waals surface area contributed by atoms with E-state index in [1.165, 1.54) is 12.8 Å². The SMILES string of the molecule is CCCCC#Cc1cccc(C)n1. The first-order valence-corrected chi connectivity index (χ1v) is 4.75. The van der Waals surface area contributed by atoms with Gasteiger partial charge in [0.15, 0.2) is 0 Å². The summed E-state index contributed by atoms with van der Waals surface area (Å²) in [6, 6.07) is 5.93. The highest BCUT2D eigenvalue weighted by Gasteiger charge is 1.87. The molecule has 0 saturated carbocycles. The Morgan fingerprint density at radius 2 is 2.23 bits per heavy atom. The predicted molar refractivity (Wildman–Crippen MR) is 55.4 cm³/mol. The molecule has 1 heteroatoms. The fourth-order valence-corrected chi connectivity index (χ4v) is 1.03. The van der Waals surface area contributed by atoms with Gasteiger partial charge in [-0.25, -0.2) is 4.98 Å². The molecular weight excluding hydrogens is 158 g/mol. The molecule has 0 aliphatic heterocycles. The summed E-state index contributed by atoms with van der Waals surface area (Å²) >= 11 is 0. The molecule has 0 N–H and O–H groups in total. The number of hydrogen-bond donors (Lipinski definition) is 0. The predicted octanol–water partition coefficient (Wildman–Crippen LogP) is 2.93. The molecule has 0 radical (unpaired) electrons. The van der Waals surface area contributed by atoms with Gasteiger partial charge in [0, 0.05) is 12.1 Å². The Morgan fingerprint density at radius 1 is 1.38 bits per heavy atom. The molecule has 0 bridgehead atoms. The molecule has 0 fully saturated rings. The maximum atomic E-state index is 4.30. The highest BCUT2D eigenvalue weighted by molar-refractivity contribution is 5.28. The summed E-state index contributed by atoms with van der Waals surface area (Å²) in [6.07, 6.45) is 3.36. The first-order chi connectivity index (χ1) is 6.33. The van der Waals surface area contributed by atoms with Gasteiger partial charge in [-0.1, -0.05) is 25.3 Å². The Balaban J connectivity index is 2.56. The maximum absolute atomic E-state index is 4.30. The minimum Gasteiger partial charge on any atom is -0.245 e. The lowest BCUT2D eigenvalue weighted by molar-refractivity contribution is 0.828. The topological polar surface area (TPSA) is 12.9 Å². The monoisotopic (exact) mass is 173 g/mol. The van der Waals surface area contributed by atoms with Crippen molar-refractivity contribution in [3.05, 3.63) is 29.6 Å². The molecule has 0 saturated heterocycles. The normalized spacial score (nSPS) is 9.08. The van der Waals surface area contributed by atoms with E-state index in [9.17, 15) is 0 Å². The number of rotatable bonds is 2. The number of aryl methyl sites for hydroxylation is 1. The Hall–Kier alpha value is -1.29. The van der Waals surface area contributed by atoms with Crippen molar-refractivity contribution in [2.45, 2.75) is 33.1 Å². The zero-order chi connectivity index (χ0) is 9.52. The molecule has 1 nitrogen and oxygen atoms in total. The Bertz CT molecular complexity index is 317. The molecule has 0 atom stereocenters. The van der Waals surface area contributed by atoms with E-state index in [2.05, 4.69) is 23.7 Å². The van der Waals surface area contributed by atoms with E-state index in [0.717, 1.165) is 17.8 Å². The number of nitrogens with zero attached hydrogens (tertiary/aromatic N) is 1. The van der Waals surface area contributed by atoms with Crippen molar-refractivity contribution in [3.8, 4) is 11.8 Å². The molecule has 1 aromatic rings. The molecule has 0 aromatic carbocycles. The molecular formula is C12H15N. The fraction of sp³-hybridized carbons (Fsp3) is 0.417. The number of aromatic nitrogens is 1. The van der Waals surface area contributed by atoms with Gasteiger partial charge >= 0.3 is 0 Å². The van der Waals surface area contributed by atoms with E-state index >= 15 is 0 Å². The molecule has 13 heavy (non-hydrogen) atoms. The number of hydrogen-bond acceptors (Lipinski definition) is 1. The van der Waals surface area contributed by atoms with Crippen molar-refractivity contribution in [1.82, 2.24) is 4.98 Å². The minimum absolute atomic E-state index is 0.885. The average Bonchev–Trinajstić information content (AvgIpc) is 2.13. The largest absolute Gasteiger partial charge is 0.245 e. The van der Waals surface area contributed by atoms with Gasteiger partial charge in [0.2, 0.25) is 0 Å². The van der Waals surface area contributed by atoms with Crippen molar-refractivity contribution in [2.75, 3.05) is 0 Å². The second-order valence-corrected chi connectivity index (χ2v) is 3.07. The first kappa shape index (κ1) is 9.80. The number of unbranched alkanes of at least 4 members (excludes halogenated alkanes) is 2. The Labute approximate surface area is 80.2 Å². The summed E-state index contributed by atoms with van der Waals surface area (Å²) in [4.78, 5) is 4.30. The van der Waals surface area contributed by atoms with E-state index in [-0.39, 0.29) is 0 Å². The lowest BCUT2D eigenvalue weighted by Gasteiger charge is -1.91. The Morgan fingerprint density at radius 3 is 2.92 bits per heavy atom. The molecule has 1 rings (SSSR count). The smallest absolute Gasteiger partial charge is 0.113 e. The van der Waals surface area contributed by atoms with Crippen LogP contribution >= 0.6 is 0 Å². The van der Waals surface area contributed by atoms with Crippen LogP contribution in [-0.2, 0) is 0 Å². The van der Waals surface area contributed by atoms with E-state index in [0.29, 0.717) is 0 Å². The quantitative estimate of drug-likeness (QED) is 0.495. The van der Waals surface area contributed by atoms with Crippen molar-refractivity contribution in [2.24, 2.45) is 0 Å². The van der Waals surface area contributed by atoms with Crippen LogP contribution in [0, 0.1) is 18.8 Å². The molecule has 0 amide bonds. The van der Waals surface area contributed by atoms with Crippen molar-refractivity contribution < 1.29 is 0 Å². The lowest BCUT2D eigenvalue weighted by Crippen LogP contribution is -1.84. The van der Waals surface area contributed by atoms with E-state index in [1.54, 1.807) is 0 Å². The van der Waals surface area contributed by atoms with Crippen LogP contribution < -0.4 is 0 Å². The molecule has 1 aromatic heterocycles. The van der Waals surface area contributed by atoms with Crippen LogP contribution in [0.3, 0.4) is 0 Å². The van der Waals surface area contributed by atoms with Crippen LogP contribution in [0.2, 0.25) is 0 Å². The molecule has 0 spiro atoms. The van der Waals surface area contributed by atoms with E-state index in [4.69, 9.17) is 0 Å². The van der Waals surface area contributed by atoms with Gasteiger partial charge < -0.3 is 0 Å². The summed E-state index contributed by atoms with van der Waals surface area (Å²) in [5, 5.41) is 0. The van der Waals surface area contributed by atoms with Crippen LogP contribution in [0.1, 0.15) is 37.6 Å². The molecule has 68 valence electrons. The average molecular weight is 173 g/mol. The standard InChI is InChI=1S/C12H15N/c1-3-4-5-6-9-12-10-7-8-11(2)13-12/h7-8,10H,3-5H2,1-2H3. The summed E-state index contributed by atoms with van der Waals surface area (Å²) in [5.41, 5.74) is 1.92. The van der Waals surface area contributed by atoms with Crippen molar-refractivity contribution >= 4 is 0 Å². The van der Waals surface area contributed by atoms with E-state index < -0.39 is 0 Å². The van der Waals surface area contributed by atoms with Gasteiger partial charge in [-0.15, -0.1) is 0 Å².